The van der Waals surface area contributed by atoms with Crippen LogP contribution in [0.1, 0.15) is 23.6 Å². The van der Waals surface area contributed by atoms with Gasteiger partial charge in [-0.2, -0.15) is 0 Å². The molecule has 0 radical (unpaired) electrons. The molecule has 0 spiro atoms. The van der Waals surface area contributed by atoms with Crippen molar-refractivity contribution in [2.24, 2.45) is 0 Å². The van der Waals surface area contributed by atoms with Gasteiger partial charge in [-0.3, -0.25) is 0 Å². The lowest BCUT2D eigenvalue weighted by Crippen LogP contribution is -2.00. The molecule has 0 atom stereocenters. The van der Waals surface area contributed by atoms with E-state index in [1.54, 1.807) is 30.3 Å². The fraction of sp³-hybridized carbons (Fsp3) is 0.172. The van der Waals surface area contributed by atoms with E-state index in [0.717, 1.165) is 22.3 Å². The molecule has 0 heterocycles. The Morgan fingerprint density at radius 3 is 2.00 bits per heavy atom. The monoisotopic (exact) mass is 446 g/mol. The van der Waals surface area contributed by atoms with E-state index in [4.69, 9.17) is 4.74 Å². The van der Waals surface area contributed by atoms with Crippen LogP contribution in [0.3, 0.4) is 0 Å². The number of hydrogen-bond acceptors (Lipinski definition) is 1. The van der Waals surface area contributed by atoms with Crippen molar-refractivity contribution in [3.8, 4) is 28.0 Å². The van der Waals surface area contributed by atoms with E-state index in [1.807, 2.05) is 56.3 Å². The molecule has 0 amide bonds. The number of halogens is 3. The first kappa shape index (κ1) is 22.7. The van der Waals surface area contributed by atoms with Crippen LogP contribution in [0.4, 0.5) is 13.2 Å². The highest BCUT2D eigenvalue weighted by atomic mass is 19.2. The summed E-state index contributed by atoms with van der Waals surface area (Å²) in [6.07, 6.45) is 0.951. The Morgan fingerprint density at radius 1 is 0.667 bits per heavy atom. The maximum absolute atomic E-state index is 14.7. The first-order valence-electron chi connectivity index (χ1n) is 11.0. The topological polar surface area (TPSA) is 9.23 Å². The molecular formula is C29H25F3O. The van der Waals surface area contributed by atoms with Crippen LogP contribution in [0.5, 0.6) is 5.75 Å². The average Bonchev–Trinajstić information content (AvgIpc) is 2.82. The van der Waals surface area contributed by atoms with Gasteiger partial charge in [-0.1, -0.05) is 72.3 Å². The highest BCUT2D eigenvalue weighted by Gasteiger charge is 2.15. The minimum absolute atomic E-state index is 0.237. The molecule has 0 saturated carbocycles. The zero-order valence-electron chi connectivity index (χ0n) is 18.7. The summed E-state index contributed by atoms with van der Waals surface area (Å²) in [7, 11) is 0. The van der Waals surface area contributed by atoms with Crippen molar-refractivity contribution in [2.45, 2.75) is 26.7 Å². The van der Waals surface area contributed by atoms with Crippen molar-refractivity contribution in [3.05, 3.63) is 113 Å². The quantitative estimate of drug-likeness (QED) is 0.280. The highest BCUT2D eigenvalue weighted by Crippen LogP contribution is 2.28. The third kappa shape index (κ3) is 5.11. The molecule has 0 saturated heterocycles. The summed E-state index contributed by atoms with van der Waals surface area (Å²) in [6.45, 7) is 4.17. The molecule has 0 aliphatic heterocycles. The molecule has 4 aromatic rings. The molecule has 168 valence electrons. The summed E-state index contributed by atoms with van der Waals surface area (Å²) < 4.78 is 48.8. The molecule has 0 unspecified atom stereocenters. The minimum atomic E-state index is -0.816. The van der Waals surface area contributed by atoms with Gasteiger partial charge in [0.25, 0.3) is 0 Å². The van der Waals surface area contributed by atoms with Gasteiger partial charge >= 0.3 is 0 Å². The van der Waals surface area contributed by atoms with Gasteiger partial charge in [0.1, 0.15) is 0 Å². The van der Waals surface area contributed by atoms with E-state index in [1.165, 1.54) is 6.07 Å². The van der Waals surface area contributed by atoms with E-state index in [-0.39, 0.29) is 11.3 Å². The maximum Gasteiger partial charge on any atom is 0.166 e. The molecule has 0 aromatic heterocycles. The van der Waals surface area contributed by atoms with Crippen molar-refractivity contribution >= 4 is 0 Å². The third-order valence-corrected chi connectivity index (χ3v) is 5.73. The molecule has 33 heavy (non-hydrogen) atoms. The Morgan fingerprint density at radius 2 is 1.33 bits per heavy atom. The minimum Gasteiger partial charge on any atom is -0.491 e. The second-order valence-electron chi connectivity index (χ2n) is 8.04. The van der Waals surface area contributed by atoms with Gasteiger partial charge in [-0.05, 0) is 66.6 Å². The van der Waals surface area contributed by atoms with E-state index >= 15 is 0 Å². The molecule has 4 heteroatoms. The van der Waals surface area contributed by atoms with Crippen LogP contribution in [-0.4, -0.2) is 6.61 Å². The summed E-state index contributed by atoms with van der Waals surface area (Å²) in [5, 5.41) is 0. The van der Waals surface area contributed by atoms with Crippen LogP contribution in [0.15, 0.2) is 78.9 Å². The van der Waals surface area contributed by atoms with E-state index in [2.05, 4.69) is 0 Å². The zero-order chi connectivity index (χ0) is 23.4. The van der Waals surface area contributed by atoms with Gasteiger partial charge in [0, 0.05) is 5.56 Å². The van der Waals surface area contributed by atoms with Crippen molar-refractivity contribution in [1.29, 1.82) is 0 Å². The number of benzene rings is 4. The van der Waals surface area contributed by atoms with Gasteiger partial charge in [-0.15, -0.1) is 0 Å². The summed E-state index contributed by atoms with van der Waals surface area (Å²) >= 11 is 0. The first-order valence-corrected chi connectivity index (χ1v) is 11.0. The summed E-state index contributed by atoms with van der Waals surface area (Å²) in [6, 6.07) is 23.2. The zero-order valence-corrected chi connectivity index (χ0v) is 18.7. The van der Waals surface area contributed by atoms with Gasteiger partial charge < -0.3 is 4.74 Å². The Kier molecular flexibility index (Phi) is 6.83. The van der Waals surface area contributed by atoms with Crippen LogP contribution >= 0.6 is 0 Å². The molecule has 0 fully saturated rings. The van der Waals surface area contributed by atoms with Crippen molar-refractivity contribution in [1.82, 2.24) is 0 Å². The maximum atomic E-state index is 14.7. The SMILES string of the molecule is CCOc1ccc(-c2ccc(CCc3ccc(-c4ccc(C)cc4)c(F)c3F)cc2)cc1F. The summed E-state index contributed by atoms with van der Waals surface area (Å²) in [5.74, 6) is -1.77. The van der Waals surface area contributed by atoms with Gasteiger partial charge in [0.2, 0.25) is 0 Å². The average molecular weight is 447 g/mol. The van der Waals surface area contributed by atoms with Crippen LogP contribution in [0, 0.1) is 24.4 Å². The van der Waals surface area contributed by atoms with Crippen LogP contribution in [-0.2, 0) is 12.8 Å². The van der Waals surface area contributed by atoms with Crippen LogP contribution in [0.25, 0.3) is 22.3 Å². The highest BCUT2D eigenvalue weighted by molar-refractivity contribution is 5.66. The fourth-order valence-corrected chi connectivity index (χ4v) is 3.83. The van der Waals surface area contributed by atoms with Gasteiger partial charge in [0.05, 0.1) is 6.61 Å². The molecular weight excluding hydrogens is 421 g/mol. The molecule has 4 rings (SSSR count). The fourth-order valence-electron chi connectivity index (χ4n) is 3.83. The lowest BCUT2D eigenvalue weighted by Gasteiger charge is -2.10. The standard InChI is InChI=1S/C29H25F3O/c1-3-33-27-17-15-24(18-26(27)30)21-11-6-20(7-12-21)8-13-23-14-16-25(29(32)28(23)31)22-9-4-19(2)5-10-22/h4-7,9-12,14-18H,3,8,13H2,1-2H3. The second-order valence-corrected chi connectivity index (χ2v) is 8.04. The van der Waals surface area contributed by atoms with E-state index < -0.39 is 17.5 Å². The Labute approximate surface area is 192 Å². The number of rotatable bonds is 7. The summed E-state index contributed by atoms with van der Waals surface area (Å²) in [5.41, 5.74) is 4.96. The Balaban J connectivity index is 1.46. The predicted molar refractivity (Wildman–Crippen MR) is 127 cm³/mol. The molecule has 0 aliphatic carbocycles. The molecule has 1 nitrogen and oxygen atoms in total. The largest absolute Gasteiger partial charge is 0.491 e. The number of hydrogen-bond donors (Lipinski definition) is 0. The van der Waals surface area contributed by atoms with Crippen molar-refractivity contribution < 1.29 is 17.9 Å². The lowest BCUT2D eigenvalue weighted by atomic mass is 9.97. The number of aryl methyl sites for hydroxylation is 3. The molecule has 0 aliphatic rings. The van der Waals surface area contributed by atoms with E-state index in [9.17, 15) is 13.2 Å². The number of ether oxygens (including phenoxy) is 1. The normalized spacial score (nSPS) is 10.9. The van der Waals surface area contributed by atoms with Crippen LogP contribution in [0.2, 0.25) is 0 Å². The summed E-state index contributed by atoms with van der Waals surface area (Å²) in [4.78, 5) is 0. The third-order valence-electron chi connectivity index (χ3n) is 5.73. The smallest absolute Gasteiger partial charge is 0.166 e. The lowest BCUT2D eigenvalue weighted by molar-refractivity contribution is 0.321. The van der Waals surface area contributed by atoms with Gasteiger partial charge in [0.15, 0.2) is 23.2 Å². The molecule has 4 aromatic carbocycles. The van der Waals surface area contributed by atoms with Crippen LogP contribution < -0.4 is 4.74 Å². The molecule has 0 bridgehead atoms. The Bertz CT molecular complexity index is 1250. The van der Waals surface area contributed by atoms with Crippen molar-refractivity contribution in [2.75, 3.05) is 6.61 Å². The first-order chi connectivity index (χ1) is 16.0. The second kappa shape index (κ2) is 9.95. The Hall–Kier alpha value is -3.53. The van der Waals surface area contributed by atoms with E-state index in [0.29, 0.717) is 30.6 Å². The predicted octanol–water partition coefficient (Wildman–Crippen LogP) is 7.93. The molecule has 0 N–H and O–H groups in total. The van der Waals surface area contributed by atoms with Gasteiger partial charge in [-0.25, -0.2) is 13.2 Å². The van der Waals surface area contributed by atoms with Crippen molar-refractivity contribution in [3.63, 3.8) is 0 Å².